The molecule has 1 aliphatic rings. The molecule has 0 radical (unpaired) electrons. The van der Waals surface area contributed by atoms with Crippen molar-refractivity contribution in [3.05, 3.63) is 59.1 Å². The van der Waals surface area contributed by atoms with Crippen molar-refractivity contribution in [2.75, 3.05) is 18.1 Å². The number of nitrogens with zero attached hydrogens (tertiary/aromatic N) is 1. The maximum absolute atomic E-state index is 5.86. The molecule has 0 spiro atoms. The molecule has 3 rings (SSSR count). The Morgan fingerprint density at radius 3 is 2.70 bits per heavy atom. The highest BCUT2D eigenvalue weighted by Crippen LogP contribution is 2.31. The van der Waals surface area contributed by atoms with Crippen molar-refractivity contribution < 1.29 is 4.74 Å². The highest BCUT2D eigenvalue weighted by molar-refractivity contribution is 6.30. The van der Waals surface area contributed by atoms with Crippen molar-refractivity contribution in [1.82, 2.24) is 0 Å². The summed E-state index contributed by atoms with van der Waals surface area (Å²) in [5, 5.41) is 0.736. The van der Waals surface area contributed by atoms with Crippen LogP contribution in [0.2, 0.25) is 5.02 Å². The largest absolute Gasteiger partial charge is 0.492 e. The Labute approximate surface area is 124 Å². The minimum absolute atomic E-state index is 0.543. The molecular formula is C17H18ClNO. The van der Waals surface area contributed by atoms with Gasteiger partial charge in [0.1, 0.15) is 12.4 Å². The number of hydrogen-bond acceptors (Lipinski definition) is 2. The first-order valence-electron chi connectivity index (χ1n) is 6.97. The Bertz CT molecular complexity index is 582. The van der Waals surface area contributed by atoms with E-state index in [2.05, 4.69) is 36.1 Å². The molecule has 1 heterocycles. The zero-order chi connectivity index (χ0) is 13.9. The average molecular weight is 288 g/mol. The standard InChI is InChI=1S/C17H18ClNO/c1-13-12-14-4-2-3-5-17(14)19(13)10-11-20-16-8-6-15(18)7-9-16/h2-9,13H,10-12H2,1H3. The summed E-state index contributed by atoms with van der Waals surface area (Å²) < 4.78 is 5.79. The molecule has 0 fully saturated rings. The SMILES string of the molecule is CC1Cc2ccccc2N1CCOc1ccc(Cl)cc1. The minimum atomic E-state index is 0.543. The maximum Gasteiger partial charge on any atom is 0.119 e. The summed E-state index contributed by atoms with van der Waals surface area (Å²) in [5.41, 5.74) is 2.78. The Morgan fingerprint density at radius 1 is 1.15 bits per heavy atom. The third-order valence-electron chi connectivity index (χ3n) is 3.76. The number of benzene rings is 2. The van der Waals surface area contributed by atoms with Gasteiger partial charge >= 0.3 is 0 Å². The summed E-state index contributed by atoms with van der Waals surface area (Å²) in [6.45, 7) is 3.85. The van der Waals surface area contributed by atoms with Gasteiger partial charge in [-0.3, -0.25) is 0 Å². The summed E-state index contributed by atoms with van der Waals surface area (Å²) in [7, 11) is 0. The fourth-order valence-electron chi connectivity index (χ4n) is 2.76. The second kappa shape index (κ2) is 5.76. The van der Waals surface area contributed by atoms with Crippen molar-refractivity contribution in [2.24, 2.45) is 0 Å². The number of rotatable bonds is 4. The summed E-state index contributed by atoms with van der Waals surface area (Å²) in [6.07, 6.45) is 1.12. The first-order chi connectivity index (χ1) is 9.74. The van der Waals surface area contributed by atoms with Gasteiger partial charge in [0.2, 0.25) is 0 Å². The second-order valence-electron chi connectivity index (χ2n) is 5.18. The van der Waals surface area contributed by atoms with Crippen molar-refractivity contribution >= 4 is 17.3 Å². The minimum Gasteiger partial charge on any atom is -0.492 e. The zero-order valence-electron chi connectivity index (χ0n) is 11.6. The van der Waals surface area contributed by atoms with E-state index in [1.54, 1.807) is 0 Å². The Hall–Kier alpha value is -1.67. The van der Waals surface area contributed by atoms with Crippen LogP contribution in [-0.4, -0.2) is 19.2 Å². The summed E-state index contributed by atoms with van der Waals surface area (Å²) in [6, 6.07) is 16.7. The van der Waals surface area contributed by atoms with E-state index in [0.717, 1.165) is 23.7 Å². The van der Waals surface area contributed by atoms with Crippen molar-refractivity contribution in [3.63, 3.8) is 0 Å². The lowest BCUT2D eigenvalue weighted by Crippen LogP contribution is -2.33. The molecule has 2 aromatic rings. The average Bonchev–Trinajstić information content (AvgIpc) is 2.77. The van der Waals surface area contributed by atoms with Gasteiger partial charge in [-0.05, 0) is 49.2 Å². The predicted octanol–water partition coefficient (Wildman–Crippen LogP) is 4.17. The third kappa shape index (κ3) is 2.75. The quantitative estimate of drug-likeness (QED) is 0.837. The van der Waals surface area contributed by atoms with Crippen LogP contribution in [-0.2, 0) is 6.42 Å². The van der Waals surface area contributed by atoms with Gasteiger partial charge < -0.3 is 9.64 Å². The van der Waals surface area contributed by atoms with Crippen LogP contribution >= 0.6 is 11.6 Å². The Balaban J connectivity index is 1.60. The lowest BCUT2D eigenvalue weighted by atomic mass is 10.1. The number of para-hydroxylation sites is 1. The molecule has 104 valence electrons. The van der Waals surface area contributed by atoms with E-state index < -0.39 is 0 Å². The van der Waals surface area contributed by atoms with E-state index in [4.69, 9.17) is 16.3 Å². The summed E-state index contributed by atoms with van der Waals surface area (Å²) in [5.74, 6) is 0.870. The lowest BCUT2D eigenvalue weighted by Gasteiger charge is -2.24. The predicted molar refractivity (Wildman–Crippen MR) is 83.9 cm³/mol. The van der Waals surface area contributed by atoms with Crippen LogP contribution in [0.25, 0.3) is 0 Å². The fraction of sp³-hybridized carbons (Fsp3) is 0.294. The van der Waals surface area contributed by atoms with Gasteiger partial charge in [-0.2, -0.15) is 0 Å². The topological polar surface area (TPSA) is 12.5 Å². The first-order valence-corrected chi connectivity index (χ1v) is 7.35. The van der Waals surface area contributed by atoms with Crippen LogP contribution in [0, 0.1) is 0 Å². The normalized spacial score (nSPS) is 17.1. The number of halogens is 1. The molecule has 1 unspecified atom stereocenters. The monoisotopic (exact) mass is 287 g/mol. The molecule has 0 saturated carbocycles. The van der Waals surface area contributed by atoms with Crippen LogP contribution in [0.5, 0.6) is 5.75 Å². The van der Waals surface area contributed by atoms with Gasteiger partial charge in [0.05, 0.1) is 6.54 Å². The first kappa shape index (κ1) is 13.3. The Morgan fingerprint density at radius 2 is 1.90 bits per heavy atom. The molecule has 0 aromatic heterocycles. The van der Waals surface area contributed by atoms with Gasteiger partial charge in [-0.15, -0.1) is 0 Å². The van der Waals surface area contributed by atoms with Gasteiger partial charge in [0, 0.05) is 16.8 Å². The van der Waals surface area contributed by atoms with Crippen LogP contribution < -0.4 is 9.64 Å². The molecule has 1 aliphatic heterocycles. The van der Waals surface area contributed by atoms with E-state index in [1.165, 1.54) is 11.3 Å². The molecule has 2 nitrogen and oxygen atoms in total. The molecule has 0 N–H and O–H groups in total. The van der Waals surface area contributed by atoms with E-state index in [9.17, 15) is 0 Å². The highest BCUT2D eigenvalue weighted by Gasteiger charge is 2.24. The maximum atomic E-state index is 5.86. The van der Waals surface area contributed by atoms with Crippen molar-refractivity contribution in [3.8, 4) is 5.75 Å². The second-order valence-corrected chi connectivity index (χ2v) is 5.61. The van der Waals surface area contributed by atoms with E-state index in [-0.39, 0.29) is 0 Å². The van der Waals surface area contributed by atoms with Crippen molar-refractivity contribution in [1.29, 1.82) is 0 Å². The lowest BCUT2D eigenvalue weighted by molar-refractivity contribution is 0.321. The van der Waals surface area contributed by atoms with E-state index in [1.807, 2.05) is 24.3 Å². The molecular weight excluding hydrogens is 270 g/mol. The van der Waals surface area contributed by atoms with Crippen LogP contribution in [0.15, 0.2) is 48.5 Å². The molecule has 0 bridgehead atoms. The number of hydrogen-bond donors (Lipinski definition) is 0. The van der Waals surface area contributed by atoms with Gasteiger partial charge in [0.15, 0.2) is 0 Å². The molecule has 0 amide bonds. The van der Waals surface area contributed by atoms with Crippen molar-refractivity contribution in [2.45, 2.75) is 19.4 Å². The Kier molecular flexibility index (Phi) is 3.83. The molecule has 1 atom stereocenters. The highest BCUT2D eigenvalue weighted by atomic mass is 35.5. The smallest absolute Gasteiger partial charge is 0.119 e. The van der Waals surface area contributed by atoms with E-state index in [0.29, 0.717) is 12.6 Å². The molecule has 20 heavy (non-hydrogen) atoms. The molecule has 2 aromatic carbocycles. The molecule has 3 heteroatoms. The molecule has 0 saturated heterocycles. The third-order valence-corrected chi connectivity index (χ3v) is 4.01. The van der Waals surface area contributed by atoms with Crippen LogP contribution in [0.4, 0.5) is 5.69 Å². The summed E-state index contributed by atoms with van der Waals surface area (Å²) >= 11 is 5.86. The van der Waals surface area contributed by atoms with Gasteiger partial charge in [0.25, 0.3) is 0 Å². The van der Waals surface area contributed by atoms with E-state index >= 15 is 0 Å². The van der Waals surface area contributed by atoms with Crippen LogP contribution in [0.1, 0.15) is 12.5 Å². The number of ether oxygens (including phenoxy) is 1. The summed E-state index contributed by atoms with van der Waals surface area (Å²) in [4.78, 5) is 2.42. The van der Waals surface area contributed by atoms with Gasteiger partial charge in [-0.25, -0.2) is 0 Å². The molecule has 0 aliphatic carbocycles. The number of fused-ring (bicyclic) bond motifs is 1. The number of anilines is 1. The fourth-order valence-corrected chi connectivity index (χ4v) is 2.89. The van der Waals surface area contributed by atoms with Crippen LogP contribution in [0.3, 0.4) is 0 Å². The zero-order valence-corrected chi connectivity index (χ0v) is 12.3. The van der Waals surface area contributed by atoms with Gasteiger partial charge in [-0.1, -0.05) is 29.8 Å².